The summed E-state index contributed by atoms with van der Waals surface area (Å²) in [6.07, 6.45) is 4.67. The van der Waals surface area contributed by atoms with E-state index in [0.29, 0.717) is 6.04 Å². The van der Waals surface area contributed by atoms with Crippen molar-refractivity contribution in [1.29, 1.82) is 0 Å². The van der Waals surface area contributed by atoms with E-state index in [9.17, 15) is 0 Å². The molecule has 1 heterocycles. The van der Waals surface area contributed by atoms with E-state index < -0.39 is 0 Å². The van der Waals surface area contributed by atoms with Crippen LogP contribution in [0.5, 0.6) is 0 Å². The minimum atomic E-state index is 0.448. The molecule has 11 heavy (non-hydrogen) atoms. The Morgan fingerprint density at radius 2 is 2.45 bits per heavy atom. The van der Waals surface area contributed by atoms with Gasteiger partial charge in [0, 0.05) is 12.6 Å². The van der Waals surface area contributed by atoms with Gasteiger partial charge in [-0.2, -0.15) is 11.8 Å². The van der Waals surface area contributed by atoms with Crippen LogP contribution in [0.15, 0.2) is 0 Å². The molecule has 1 aliphatic rings. The molecule has 2 N–H and O–H groups in total. The maximum absolute atomic E-state index is 5.78. The summed E-state index contributed by atoms with van der Waals surface area (Å²) in [5.74, 6) is 1.28. The van der Waals surface area contributed by atoms with E-state index in [1.807, 2.05) is 11.8 Å². The van der Waals surface area contributed by atoms with Crippen molar-refractivity contribution >= 4 is 11.8 Å². The quantitative estimate of drug-likeness (QED) is 0.638. The maximum atomic E-state index is 5.78. The molecule has 0 aromatic carbocycles. The Balaban J connectivity index is 1.99. The molecule has 3 heteroatoms. The van der Waals surface area contributed by atoms with Gasteiger partial charge in [0.1, 0.15) is 0 Å². The Morgan fingerprint density at radius 3 is 3.00 bits per heavy atom. The second-order valence-electron chi connectivity index (χ2n) is 3.20. The van der Waals surface area contributed by atoms with Crippen molar-refractivity contribution in [1.82, 2.24) is 4.90 Å². The number of nitrogens with zero attached hydrogens (tertiary/aromatic N) is 1. The normalized spacial score (nSPS) is 26.2. The first-order valence-corrected chi connectivity index (χ1v) is 5.69. The smallest absolute Gasteiger partial charge is 0.0180 e. The number of thioether (sulfide) groups is 1. The van der Waals surface area contributed by atoms with Crippen molar-refractivity contribution in [3.63, 3.8) is 0 Å². The highest BCUT2D eigenvalue weighted by Crippen LogP contribution is 2.07. The molecule has 1 fully saturated rings. The van der Waals surface area contributed by atoms with Gasteiger partial charge < -0.3 is 10.6 Å². The monoisotopic (exact) mass is 174 g/mol. The molecule has 0 bridgehead atoms. The minimum absolute atomic E-state index is 0.448. The summed E-state index contributed by atoms with van der Waals surface area (Å²) in [4.78, 5) is 2.47. The molecule has 0 spiro atoms. The van der Waals surface area contributed by atoms with Crippen LogP contribution in [0.25, 0.3) is 0 Å². The zero-order valence-corrected chi connectivity index (χ0v) is 8.07. The van der Waals surface area contributed by atoms with Crippen LogP contribution in [0.3, 0.4) is 0 Å². The van der Waals surface area contributed by atoms with E-state index in [1.54, 1.807) is 0 Å². The lowest BCUT2D eigenvalue weighted by Crippen LogP contribution is -2.27. The highest BCUT2D eigenvalue weighted by Gasteiger charge is 2.17. The SMILES string of the molecule is CSCCCN1CCC(N)C1. The van der Waals surface area contributed by atoms with Gasteiger partial charge in [-0.15, -0.1) is 0 Å². The Kier molecular flexibility index (Phi) is 4.26. The molecule has 0 amide bonds. The molecule has 0 aliphatic carbocycles. The molecule has 0 aromatic heterocycles. The number of hydrogen-bond donors (Lipinski definition) is 1. The number of rotatable bonds is 4. The fourth-order valence-electron chi connectivity index (χ4n) is 1.50. The lowest BCUT2D eigenvalue weighted by atomic mass is 10.3. The van der Waals surface area contributed by atoms with E-state index in [1.165, 1.54) is 31.7 Å². The molecule has 66 valence electrons. The van der Waals surface area contributed by atoms with E-state index in [-0.39, 0.29) is 0 Å². The van der Waals surface area contributed by atoms with Crippen LogP contribution in [0.1, 0.15) is 12.8 Å². The Labute approximate surface area is 73.5 Å². The summed E-state index contributed by atoms with van der Waals surface area (Å²) in [6, 6.07) is 0.448. The first-order chi connectivity index (χ1) is 5.33. The van der Waals surface area contributed by atoms with Crippen LogP contribution in [0, 0.1) is 0 Å². The molecule has 1 rings (SSSR count). The molecule has 1 atom stereocenters. The van der Waals surface area contributed by atoms with Crippen molar-refractivity contribution in [2.45, 2.75) is 18.9 Å². The standard InChI is InChI=1S/C8H18N2S/c1-11-6-2-4-10-5-3-8(9)7-10/h8H,2-7,9H2,1H3. The van der Waals surface area contributed by atoms with E-state index in [4.69, 9.17) is 5.73 Å². The van der Waals surface area contributed by atoms with Crippen molar-refractivity contribution in [2.24, 2.45) is 5.73 Å². The molecule has 1 unspecified atom stereocenters. The predicted octanol–water partition coefficient (Wildman–Crippen LogP) is 0.773. The Hall–Kier alpha value is 0.270. The van der Waals surface area contributed by atoms with Crippen molar-refractivity contribution in [3.8, 4) is 0 Å². The van der Waals surface area contributed by atoms with Gasteiger partial charge in [0.2, 0.25) is 0 Å². The number of hydrogen-bond acceptors (Lipinski definition) is 3. The molecular formula is C8H18N2S. The largest absolute Gasteiger partial charge is 0.326 e. The van der Waals surface area contributed by atoms with Crippen LogP contribution in [0.2, 0.25) is 0 Å². The van der Waals surface area contributed by atoms with Gasteiger partial charge in [-0.25, -0.2) is 0 Å². The van der Waals surface area contributed by atoms with E-state index in [0.717, 1.165) is 6.54 Å². The topological polar surface area (TPSA) is 29.3 Å². The van der Waals surface area contributed by atoms with Gasteiger partial charge in [-0.05, 0) is 37.9 Å². The Morgan fingerprint density at radius 1 is 1.64 bits per heavy atom. The molecule has 1 saturated heterocycles. The van der Waals surface area contributed by atoms with Gasteiger partial charge in [-0.1, -0.05) is 0 Å². The van der Waals surface area contributed by atoms with Crippen molar-refractivity contribution < 1.29 is 0 Å². The molecule has 0 aromatic rings. The van der Waals surface area contributed by atoms with Gasteiger partial charge in [0.25, 0.3) is 0 Å². The molecule has 0 saturated carbocycles. The zero-order chi connectivity index (χ0) is 8.10. The average Bonchev–Trinajstić information content (AvgIpc) is 2.37. The predicted molar refractivity (Wildman–Crippen MR) is 52.0 cm³/mol. The third-order valence-corrected chi connectivity index (χ3v) is 2.83. The molecule has 1 aliphatic heterocycles. The number of likely N-dealkylation sites (tertiary alicyclic amines) is 1. The molecule has 2 nitrogen and oxygen atoms in total. The van der Waals surface area contributed by atoms with Crippen LogP contribution in [0.4, 0.5) is 0 Å². The second kappa shape index (κ2) is 5.01. The summed E-state index contributed by atoms with van der Waals surface area (Å²) in [5, 5.41) is 0. The van der Waals surface area contributed by atoms with E-state index >= 15 is 0 Å². The second-order valence-corrected chi connectivity index (χ2v) is 4.18. The van der Waals surface area contributed by atoms with Gasteiger partial charge in [0.05, 0.1) is 0 Å². The highest BCUT2D eigenvalue weighted by atomic mass is 32.2. The van der Waals surface area contributed by atoms with Crippen LogP contribution >= 0.6 is 11.8 Å². The number of nitrogens with two attached hydrogens (primary N) is 1. The van der Waals surface area contributed by atoms with Crippen LogP contribution < -0.4 is 5.73 Å². The van der Waals surface area contributed by atoms with Crippen molar-refractivity contribution in [3.05, 3.63) is 0 Å². The first-order valence-electron chi connectivity index (χ1n) is 4.30. The Bertz CT molecular complexity index is 108. The fourth-order valence-corrected chi connectivity index (χ4v) is 1.92. The summed E-state index contributed by atoms with van der Waals surface area (Å²) < 4.78 is 0. The minimum Gasteiger partial charge on any atom is -0.326 e. The summed E-state index contributed by atoms with van der Waals surface area (Å²) >= 11 is 1.93. The summed E-state index contributed by atoms with van der Waals surface area (Å²) in [5.41, 5.74) is 5.78. The molecule has 0 radical (unpaired) electrons. The lowest BCUT2D eigenvalue weighted by Gasteiger charge is -2.13. The zero-order valence-electron chi connectivity index (χ0n) is 7.25. The third kappa shape index (κ3) is 3.45. The van der Waals surface area contributed by atoms with Gasteiger partial charge >= 0.3 is 0 Å². The van der Waals surface area contributed by atoms with Crippen LogP contribution in [-0.2, 0) is 0 Å². The third-order valence-electron chi connectivity index (χ3n) is 2.13. The average molecular weight is 174 g/mol. The first kappa shape index (κ1) is 9.36. The van der Waals surface area contributed by atoms with Crippen molar-refractivity contribution in [2.75, 3.05) is 31.6 Å². The highest BCUT2D eigenvalue weighted by molar-refractivity contribution is 7.98. The van der Waals surface area contributed by atoms with Gasteiger partial charge in [-0.3, -0.25) is 0 Å². The lowest BCUT2D eigenvalue weighted by molar-refractivity contribution is 0.336. The maximum Gasteiger partial charge on any atom is 0.0180 e. The fraction of sp³-hybridized carbons (Fsp3) is 1.00. The summed E-state index contributed by atoms with van der Waals surface area (Å²) in [6.45, 7) is 3.58. The van der Waals surface area contributed by atoms with Gasteiger partial charge in [0.15, 0.2) is 0 Å². The summed E-state index contributed by atoms with van der Waals surface area (Å²) in [7, 11) is 0. The van der Waals surface area contributed by atoms with Crippen LogP contribution in [-0.4, -0.2) is 42.6 Å². The van der Waals surface area contributed by atoms with E-state index in [2.05, 4.69) is 11.2 Å². The molecular weight excluding hydrogens is 156 g/mol.